The first-order valence-electron chi connectivity index (χ1n) is 6.05. The first kappa shape index (κ1) is 11.5. The van der Waals surface area contributed by atoms with Crippen LogP contribution in [0.4, 0.5) is 5.69 Å². The van der Waals surface area contributed by atoms with Crippen molar-refractivity contribution >= 4 is 22.4 Å². The SMILES string of the molecule is Cc1[nH]ncc1C(=O)Nc1cccc2ccccc12. The van der Waals surface area contributed by atoms with Crippen molar-refractivity contribution in [2.75, 3.05) is 5.32 Å². The lowest BCUT2D eigenvalue weighted by atomic mass is 10.1. The number of benzene rings is 2. The van der Waals surface area contributed by atoms with Crippen molar-refractivity contribution in [3.63, 3.8) is 0 Å². The minimum atomic E-state index is -0.150. The van der Waals surface area contributed by atoms with Crippen LogP contribution >= 0.6 is 0 Å². The van der Waals surface area contributed by atoms with Crippen LogP contribution in [-0.4, -0.2) is 16.1 Å². The number of amides is 1. The summed E-state index contributed by atoms with van der Waals surface area (Å²) in [5.41, 5.74) is 2.13. The molecule has 0 spiro atoms. The highest BCUT2D eigenvalue weighted by Gasteiger charge is 2.11. The first-order chi connectivity index (χ1) is 9.25. The van der Waals surface area contributed by atoms with Crippen molar-refractivity contribution in [1.82, 2.24) is 10.2 Å². The average Bonchev–Trinajstić information content (AvgIpc) is 2.85. The first-order valence-corrected chi connectivity index (χ1v) is 6.05. The van der Waals surface area contributed by atoms with Crippen LogP contribution in [0.5, 0.6) is 0 Å². The number of aryl methyl sites for hydroxylation is 1. The van der Waals surface area contributed by atoms with E-state index in [2.05, 4.69) is 15.5 Å². The number of anilines is 1. The third kappa shape index (κ3) is 2.08. The van der Waals surface area contributed by atoms with Crippen molar-refractivity contribution in [2.24, 2.45) is 0 Å². The van der Waals surface area contributed by atoms with Crippen molar-refractivity contribution < 1.29 is 4.79 Å². The monoisotopic (exact) mass is 251 g/mol. The highest BCUT2D eigenvalue weighted by atomic mass is 16.1. The van der Waals surface area contributed by atoms with Gasteiger partial charge in [-0.25, -0.2) is 0 Å². The van der Waals surface area contributed by atoms with Crippen molar-refractivity contribution in [1.29, 1.82) is 0 Å². The molecule has 19 heavy (non-hydrogen) atoms. The van der Waals surface area contributed by atoms with Gasteiger partial charge in [-0.2, -0.15) is 5.10 Å². The Morgan fingerprint density at radius 1 is 1.16 bits per heavy atom. The molecule has 0 saturated heterocycles. The Kier molecular flexibility index (Phi) is 2.76. The molecule has 2 N–H and O–H groups in total. The minimum Gasteiger partial charge on any atom is -0.321 e. The molecule has 0 aliphatic heterocycles. The highest BCUT2D eigenvalue weighted by Crippen LogP contribution is 2.23. The van der Waals surface area contributed by atoms with Crippen LogP contribution in [0, 0.1) is 6.92 Å². The average molecular weight is 251 g/mol. The molecule has 0 aliphatic carbocycles. The van der Waals surface area contributed by atoms with Gasteiger partial charge in [-0.3, -0.25) is 9.89 Å². The van der Waals surface area contributed by atoms with Crippen LogP contribution in [0.2, 0.25) is 0 Å². The minimum absolute atomic E-state index is 0.150. The van der Waals surface area contributed by atoms with E-state index in [0.717, 1.165) is 22.2 Å². The van der Waals surface area contributed by atoms with Gasteiger partial charge in [-0.1, -0.05) is 36.4 Å². The molecule has 0 unspecified atom stereocenters. The van der Waals surface area contributed by atoms with Gasteiger partial charge in [0, 0.05) is 16.8 Å². The van der Waals surface area contributed by atoms with Crippen LogP contribution in [0.3, 0.4) is 0 Å². The molecule has 3 aromatic rings. The number of rotatable bonds is 2. The van der Waals surface area contributed by atoms with Crippen LogP contribution < -0.4 is 5.32 Å². The zero-order valence-corrected chi connectivity index (χ0v) is 10.5. The summed E-state index contributed by atoms with van der Waals surface area (Å²) in [5.74, 6) is -0.150. The molecular weight excluding hydrogens is 238 g/mol. The van der Waals surface area contributed by atoms with Crippen LogP contribution in [0.15, 0.2) is 48.7 Å². The largest absolute Gasteiger partial charge is 0.321 e. The number of fused-ring (bicyclic) bond motifs is 1. The van der Waals surface area contributed by atoms with Crippen molar-refractivity contribution in [3.8, 4) is 0 Å². The van der Waals surface area contributed by atoms with E-state index in [9.17, 15) is 4.79 Å². The fraction of sp³-hybridized carbons (Fsp3) is 0.0667. The molecular formula is C15H13N3O. The van der Waals surface area contributed by atoms with Gasteiger partial charge in [0.1, 0.15) is 0 Å². The molecule has 1 aromatic heterocycles. The molecule has 94 valence electrons. The lowest BCUT2D eigenvalue weighted by molar-refractivity contribution is 0.102. The number of nitrogens with one attached hydrogen (secondary N) is 2. The van der Waals surface area contributed by atoms with Gasteiger partial charge in [0.15, 0.2) is 0 Å². The van der Waals surface area contributed by atoms with Gasteiger partial charge in [-0.15, -0.1) is 0 Å². The number of nitrogens with zero attached hydrogens (tertiary/aromatic N) is 1. The van der Waals surface area contributed by atoms with Gasteiger partial charge >= 0.3 is 0 Å². The Morgan fingerprint density at radius 2 is 1.95 bits per heavy atom. The summed E-state index contributed by atoms with van der Waals surface area (Å²) >= 11 is 0. The van der Waals surface area contributed by atoms with E-state index in [1.807, 2.05) is 49.4 Å². The number of aromatic amines is 1. The maximum Gasteiger partial charge on any atom is 0.259 e. The van der Waals surface area contributed by atoms with Gasteiger partial charge < -0.3 is 5.32 Å². The second-order valence-corrected chi connectivity index (χ2v) is 4.39. The Bertz CT molecular complexity index is 740. The summed E-state index contributed by atoms with van der Waals surface area (Å²) < 4.78 is 0. The van der Waals surface area contributed by atoms with Gasteiger partial charge in [-0.05, 0) is 18.4 Å². The number of carbonyl (C=O) groups is 1. The second kappa shape index (κ2) is 4.57. The zero-order chi connectivity index (χ0) is 13.2. The van der Waals surface area contributed by atoms with E-state index in [1.54, 1.807) is 0 Å². The molecule has 0 fully saturated rings. The maximum absolute atomic E-state index is 12.2. The van der Waals surface area contributed by atoms with E-state index in [1.165, 1.54) is 6.20 Å². The number of aromatic nitrogens is 2. The number of H-pyrrole nitrogens is 1. The molecule has 3 rings (SSSR count). The molecule has 1 heterocycles. The summed E-state index contributed by atoms with van der Waals surface area (Å²) in [5, 5.41) is 11.7. The number of hydrogen-bond donors (Lipinski definition) is 2. The lowest BCUT2D eigenvalue weighted by Crippen LogP contribution is -2.12. The van der Waals surface area contributed by atoms with Crippen LogP contribution in [0.25, 0.3) is 10.8 Å². The molecule has 0 radical (unpaired) electrons. The summed E-state index contributed by atoms with van der Waals surface area (Å²) in [6, 6.07) is 13.8. The summed E-state index contributed by atoms with van der Waals surface area (Å²) in [6.45, 7) is 1.82. The summed E-state index contributed by atoms with van der Waals surface area (Å²) in [6.07, 6.45) is 1.54. The topological polar surface area (TPSA) is 57.8 Å². The van der Waals surface area contributed by atoms with Crippen LogP contribution in [0.1, 0.15) is 16.1 Å². The quantitative estimate of drug-likeness (QED) is 0.735. The Balaban J connectivity index is 1.98. The Labute approximate surface area is 110 Å². The Morgan fingerprint density at radius 3 is 2.74 bits per heavy atom. The summed E-state index contributed by atoms with van der Waals surface area (Å²) in [7, 11) is 0. The third-order valence-corrected chi connectivity index (χ3v) is 3.11. The smallest absolute Gasteiger partial charge is 0.259 e. The highest BCUT2D eigenvalue weighted by molar-refractivity contribution is 6.09. The van der Waals surface area contributed by atoms with E-state index in [4.69, 9.17) is 0 Å². The van der Waals surface area contributed by atoms with E-state index in [-0.39, 0.29) is 5.91 Å². The van der Waals surface area contributed by atoms with Crippen LogP contribution in [-0.2, 0) is 0 Å². The fourth-order valence-electron chi connectivity index (χ4n) is 2.10. The number of carbonyl (C=O) groups excluding carboxylic acids is 1. The van der Waals surface area contributed by atoms with Crippen molar-refractivity contribution in [3.05, 3.63) is 59.9 Å². The van der Waals surface area contributed by atoms with Gasteiger partial charge in [0.05, 0.1) is 11.8 Å². The molecule has 0 saturated carbocycles. The maximum atomic E-state index is 12.2. The van der Waals surface area contributed by atoms with E-state index >= 15 is 0 Å². The molecule has 0 atom stereocenters. The third-order valence-electron chi connectivity index (χ3n) is 3.11. The molecule has 1 amide bonds. The predicted molar refractivity (Wildman–Crippen MR) is 75.2 cm³/mol. The molecule has 4 nitrogen and oxygen atoms in total. The molecule has 2 aromatic carbocycles. The van der Waals surface area contributed by atoms with Gasteiger partial charge in [0.2, 0.25) is 0 Å². The predicted octanol–water partition coefficient (Wildman–Crippen LogP) is 3.12. The Hall–Kier alpha value is -2.62. The lowest BCUT2D eigenvalue weighted by Gasteiger charge is -2.08. The summed E-state index contributed by atoms with van der Waals surface area (Å²) in [4.78, 5) is 12.2. The van der Waals surface area contributed by atoms with Crippen molar-refractivity contribution in [2.45, 2.75) is 6.92 Å². The molecule has 0 bridgehead atoms. The van der Waals surface area contributed by atoms with E-state index in [0.29, 0.717) is 5.56 Å². The standard InChI is InChI=1S/C15H13N3O/c1-10-13(9-16-18-10)15(19)17-14-8-4-6-11-5-2-3-7-12(11)14/h2-9H,1H3,(H,16,18)(H,17,19). The van der Waals surface area contributed by atoms with E-state index < -0.39 is 0 Å². The number of hydrogen-bond acceptors (Lipinski definition) is 2. The normalized spacial score (nSPS) is 10.6. The second-order valence-electron chi connectivity index (χ2n) is 4.39. The van der Waals surface area contributed by atoms with Gasteiger partial charge in [0.25, 0.3) is 5.91 Å². The fourth-order valence-corrected chi connectivity index (χ4v) is 2.10. The zero-order valence-electron chi connectivity index (χ0n) is 10.5. The molecule has 0 aliphatic rings. The molecule has 4 heteroatoms.